The summed E-state index contributed by atoms with van der Waals surface area (Å²) >= 11 is 0. The fraction of sp³-hybridized carbons (Fsp3) is 0.200. The van der Waals surface area contributed by atoms with E-state index >= 15 is 0 Å². The zero-order chi connectivity index (χ0) is 21.2. The van der Waals surface area contributed by atoms with Gasteiger partial charge >= 0.3 is 0 Å². The number of anilines is 1. The number of furan rings is 1. The first kappa shape index (κ1) is 19.3. The molecule has 0 aliphatic carbocycles. The first-order valence-corrected chi connectivity index (χ1v) is 10.4. The van der Waals surface area contributed by atoms with Crippen LogP contribution in [-0.2, 0) is 4.74 Å². The van der Waals surface area contributed by atoms with Gasteiger partial charge in [-0.25, -0.2) is 0 Å². The minimum Gasteiger partial charge on any atom is -0.451 e. The number of amides is 2. The Labute approximate surface area is 179 Å². The second-order valence-electron chi connectivity index (χ2n) is 7.65. The summed E-state index contributed by atoms with van der Waals surface area (Å²) in [5.41, 5.74) is 1.48. The maximum absolute atomic E-state index is 12.9. The van der Waals surface area contributed by atoms with Gasteiger partial charge in [0.25, 0.3) is 11.8 Å². The Hall–Kier alpha value is -3.64. The lowest BCUT2D eigenvalue weighted by atomic mass is 10.1. The predicted octanol–water partition coefficient (Wildman–Crippen LogP) is 4.75. The van der Waals surface area contributed by atoms with E-state index in [1.807, 2.05) is 36.4 Å². The van der Waals surface area contributed by atoms with E-state index in [0.29, 0.717) is 23.4 Å². The smallest absolute Gasteiger partial charge is 0.291 e. The molecule has 156 valence electrons. The van der Waals surface area contributed by atoms with Crippen LogP contribution in [0.5, 0.6) is 0 Å². The standard InChI is InChI=1S/C25H22N2O4/c28-24(26-15-17-7-5-13-30-17)19-9-3-4-10-21(19)27-25(29)23-14-20-18-8-2-1-6-16(18)11-12-22(20)31-23/h1-4,6,8-12,14,17H,5,7,13,15H2,(H,26,28)(H,27,29)/t17-/m1/s1. The van der Waals surface area contributed by atoms with Crippen LogP contribution in [0.25, 0.3) is 21.7 Å². The third kappa shape index (κ3) is 3.90. The molecule has 1 atom stereocenters. The fourth-order valence-electron chi connectivity index (χ4n) is 3.99. The van der Waals surface area contributed by atoms with Gasteiger partial charge in [0.15, 0.2) is 5.76 Å². The average Bonchev–Trinajstić information content (AvgIpc) is 3.48. The second kappa shape index (κ2) is 8.24. The molecule has 0 bridgehead atoms. The van der Waals surface area contributed by atoms with E-state index in [4.69, 9.17) is 9.15 Å². The van der Waals surface area contributed by atoms with Crippen LogP contribution < -0.4 is 10.6 Å². The number of para-hydroxylation sites is 1. The lowest BCUT2D eigenvalue weighted by Gasteiger charge is -2.13. The van der Waals surface area contributed by atoms with Crippen LogP contribution in [-0.4, -0.2) is 31.1 Å². The van der Waals surface area contributed by atoms with Gasteiger partial charge in [0.2, 0.25) is 0 Å². The van der Waals surface area contributed by atoms with E-state index in [-0.39, 0.29) is 17.8 Å². The van der Waals surface area contributed by atoms with Gasteiger partial charge in [-0.3, -0.25) is 9.59 Å². The summed E-state index contributed by atoms with van der Waals surface area (Å²) in [6, 6.07) is 20.5. The molecule has 1 saturated heterocycles. The van der Waals surface area contributed by atoms with Crippen molar-refractivity contribution in [2.45, 2.75) is 18.9 Å². The van der Waals surface area contributed by atoms with Crippen LogP contribution in [0.4, 0.5) is 5.69 Å². The van der Waals surface area contributed by atoms with Crippen LogP contribution in [0.1, 0.15) is 33.8 Å². The molecule has 2 N–H and O–H groups in total. The molecule has 3 aromatic carbocycles. The van der Waals surface area contributed by atoms with Crippen LogP contribution in [0.15, 0.2) is 71.1 Å². The molecule has 2 heterocycles. The van der Waals surface area contributed by atoms with E-state index in [2.05, 4.69) is 10.6 Å². The van der Waals surface area contributed by atoms with Gasteiger partial charge in [-0.1, -0.05) is 42.5 Å². The van der Waals surface area contributed by atoms with Gasteiger partial charge in [-0.15, -0.1) is 0 Å². The van der Waals surface area contributed by atoms with Gasteiger partial charge < -0.3 is 19.8 Å². The Kier molecular flexibility index (Phi) is 5.14. The Morgan fingerprint density at radius 1 is 0.935 bits per heavy atom. The fourth-order valence-corrected chi connectivity index (χ4v) is 3.99. The lowest BCUT2D eigenvalue weighted by Crippen LogP contribution is -2.32. The molecule has 2 amide bonds. The molecule has 0 saturated carbocycles. The van der Waals surface area contributed by atoms with E-state index < -0.39 is 5.91 Å². The summed E-state index contributed by atoms with van der Waals surface area (Å²) in [6.07, 6.45) is 2.01. The molecule has 1 aliphatic rings. The topological polar surface area (TPSA) is 80.6 Å². The van der Waals surface area contributed by atoms with Crippen molar-refractivity contribution in [3.8, 4) is 0 Å². The Balaban J connectivity index is 1.37. The molecular formula is C25H22N2O4. The van der Waals surface area contributed by atoms with Gasteiger partial charge in [0, 0.05) is 18.5 Å². The Morgan fingerprint density at radius 3 is 2.65 bits per heavy atom. The number of carbonyl (C=O) groups is 2. The minimum absolute atomic E-state index is 0.0519. The predicted molar refractivity (Wildman–Crippen MR) is 119 cm³/mol. The van der Waals surface area contributed by atoms with Crippen molar-refractivity contribution in [1.82, 2.24) is 5.32 Å². The zero-order valence-electron chi connectivity index (χ0n) is 16.9. The zero-order valence-corrected chi connectivity index (χ0v) is 16.9. The molecule has 0 spiro atoms. The van der Waals surface area contributed by atoms with Crippen molar-refractivity contribution in [3.63, 3.8) is 0 Å². The minimum atomic E-state index is -0.403. The number of hydrogen-bond acceptors (Lipinski definition) is 4. The van der Waals surface area contributed by atoms with Crippen molar-refractivity contribution < 1.29 is 18.7 Å². The molecule has 4 aromatic rings. The van der Waals surface area contributed by atoms with Gasteiger partial charge in [0.1, 0.15) is 5.58 Å². The van der Waals surface area contributed by atoms with E-state index in [1.54, 1.807) is 30.3 Å². The SMILES string of the molecule is O=C(Nc1ccccc1C(=O)NC[C@H]1CCCO1)c1cc2c(ccc3ccccc32)o1. The van der Waals surface area contributed by atoms with Crippen molar-refractivity contribution in [2.75, 3.05) is 18.5 Å². The molecule has 31 heavy (non-hydrogen) atoms. The second-order valence-corrected chi connectivity index (χ2v) is 7.65. The molecule has 6 nitrogen and oxygen atoms in total. The molecule has 6 heteroatoms. The molecule has 1 aromatic heterocycles. The molecule has 0 radical (unpaired) electrons. The first-order valence-electron chi connectivity index (χ1n) is 10.4. The third-order valence-electron chi connectivity index (χ3n) is 5.58. The maximum atomic E-state index is 12.9. The van der Waals surface area contributed by atoms with Crippen LogP contribution >= 0.6 is 0 Å². The van der Waals surface area contributed by atoms with Gasteiger partial charge in [0.05, 0.1) is 17.4 Å². The van der Waals surface area contributed by atoms with E-state index in [1.165, 1.54) is 0 Å². The summed E-state index contributed by atoms with van der Waals surface area (Å²) in [7, 11) is 0. The van der Waals surface area contributed by atoms with Gasteiger partial charge in [-0.2, -0.15) is 0 Å². The van der Waals surface area contributed by atoms with Crippen LogP contribution in [0.3, 0.4) is 0 Å². The highest BCUT2D eigenvalue weighted by Crippen LogP contribution is 2.28. The average molecular weight is 414 g/mol. The number of ether oxygens (including phenoxy) is 1. The number of benzene rings is 3. The molecular weight excluding hydrogens is 392 g/mol. The number of fused-ring (bicyclic) bond motifs is 3. The number of nitrogens with one attached hydrogen (secondary N) is 2. The van der Waals surface area contributed by atoms with Crippen molar-refractivity contribution in [2.24, 2.45) is 0 Å². The third-order valence-corrected chi connectivity index (χ3v) is 5.58. The molecule has 1 aliphatic heterocycles. The number of rotatable bonds is 5. The monoisotopic (exact) mass is 414 g/mol. The summed E-state index contributed by atoms with van der Waals surface area (Å²) in [5, 5.41) is 8.70. The van der Waals surface area contributed by atoms with Crippen molar-refractivity contribution in [1.29, 1.82) is 0 Å². The summed E-state index contributed by atoms with van der Waals surface area (Å²) in [5.74, 6) is -0.456. The summed E-state index contributed by atoms with van der Waals surface area (Å²) in [6.45, 7) is 1.19. The van der Waals surface area contributed by atoms with Crippen molar-refractivity contribution >= 4 is 39.2 Å². The highest BCUT2D eigenvalue weighted by molar-refractivity contribution is 6.12. The molecule has 1 fully saturated rings. The lowest BCUT2D eigenvalue weighted by molar-refractivity contribution is 0.0858. The Bertz CT molecular complexity index is 1270. The largest absolute Gasteiger partial charge is 0.451 e. The van der Waals surface area contributed by atoms with Crippen LogP contribution in [0.2, 0.25) is 0 Å². The quantitative estimate of drug-likeness (QED) is 0.494. The summed E-state index contributed by atoms with van der Waals surface area (Å²) in [4.78, 5) is 25.6. The normalized spacial score (nSPS) is 15.9. The Morgan fingerprint density at radius 2 is 1.77 bits per heavy atom. The van der Waals surface area contributed by atoms with E-state index in [9.17, 15) is 9.59 Å². The van der Waals surface area contributed by atoms with E-state index in [0.717, 1.165) is 35.6 Å². The van der Waals surface area contributed by atoms with Crippen LogP contribution in [0, 0.1) is 0 Å². The van der Waals surface area contributed by atoms with Gasteiger partial charge in [-0.05, 0) is 47.9 Å². The summed E-state index contributed by atoms with van der Waals surface area (Å²) < 4.78 is 11.4. The highest BCUT2D eigenvalue weighted by Gasteiger charge is 2.20. The molecule has 5 rings (SSSR count). The maximum Gasteiger partial charge on any atom is 0.291 e. The highest BCUT2D eigenvalue weighted by atomic mass is 16.5. The number of carbonyl (C=O) groups excluding carboxylic acids is 2. The molecule has 0 unspecified atom stereocenters. The number of hydrogen-bond donors (Lipinski definition) is 2. The van der Waals surface area contributed by atoms with Crippen molar-refractivity contribution in [3.05, 3.63) is 78.1 Å². The first-order chi connectivity index (χ1) is 15.2.